The van der Waals surface area contributed by atoms with Gasteiger partial charge in [0.15, 0.2) is 0 Å². The maximum Gasteiger partial charge on any atom is 0.0406 e. The van der Waals surface area contributed by atoms with Crippen molar-refractivity contribution in [1.82, 2.24) is 10.3 Å². The minimum absolute atomic E-state index is 0.814. The van der Waals surface area contributed by atoms with E-state index in [0.717, 1.165) is 30.7 Å². The lowest BCUT2D eigenvalue weighted by Gasteiger charge is -2.36. The second-order valence-corrected chi connectivity index (χ2v) is 6.32. The summed E-state index contributed by atoms with van der Waals surface area (Å²) in [6.45, 7) is 6.80. The van der Waals surface area contributed by atoms with Gasteiger partial charge in [-0.3, -0.25) is 4.98 Å². The summed E-state index contributed by atoms with van der Waals surface area (Å²) in [5.74, 6) is 2.60. The van der Waals surface area contributed by atoms with Crippen molar-refractivity contribution in [3.63, 3.8) is 0 Å². The van der Waals surface area contributed by atoms with Gasteiger partial charge in [0.05, 0.1) is 0 Å². The van der Waals surface area contributed by atoms with E-state index in [-0.39, 0.29) is 0 Å². The van der Waals surface area contributed by atoms with E-state index in [9.17, 15) is 0 Å². The Hall–Kier alpha value is -0.890. The number of hydrogen-bond acceptors (Lipinski definition) is 2. The second-order valence-electron chi connectivity index (χ2n) is 6.32. The van der Waals surface area contributed by atoms with E-state index >= 15 is 0 Å². The first kappa shape index (κ1) is 15.5. The van der Waals surface area contributed by atoms with E-state index in [0.29, 0.717) is 0 Å². The normalized spacial score (nSPS) is 26.6. The van der Waals surface area contributed by atoms with Gasteiger partial charge in [0.2, 0.25) is 0 Å². The van der Waals surface area contributed by atoms with Gasteiger partial charge in [-0.1, -0.05) is 39.2 Å². The molecule has 0 amide bonds. The molecule has 20 heavy (non-hydrogen) atoms. The molecule has 1 aliphatic carbocycles. The van der Waals surface area contributed by atoms with Crippen LogP contribution in [0.5, 0.6) is 0 Å². The van der Waals surface area contributed by atoms with Gasteiger partial charge in [-0.2, -0.15) is 0 Å². The zero-order valence-electron chi connectivity index (χ0n) is 13.1. The summed E-state index contributed by atoms with van der Waals surface area (Å²) >= 11 is 0. The van der Waals surface area contributed by atoms with Crippen LogP contribution in [0.1, 0.15) is 51.6 Å². The maximum absolute atomic E-state index is 4.54. The minimum Gasteiger partial charge on any atom is -0.317 e. The SMILES string of the molecule is CCCC1CCC(CNCC)C(Cc2ccccn2)C1. The molecule has 3 atom stereocenters. The lowest BCUT2D eigenvalue weighted by atomic mass is 9.71. The molecule has 1 fully saturated rings. The van der Waals surface area contributed by atoms with E-state index in [1.807, 2.05) is 12.3 Å². The lowest BCUT2D eigenvalue weighted by Crippen LogP contribution is -2.34. The standard InChI is InChI=1S/C18H30N2/c1-3-7-15-9-10-16(14-19-4-2)17(12-15)13-18-8-5-6-11-20-18/h5-6,8,11,15-17,19H,3-4,7,9-10,12-14H2,1-2H3. The van der Waals surface area contributed by atoms with E-state index < -0.39 is 0 Å². The fourth-order valence-corrected chi connectivity index (χ4v) is 3.73. The maximum atomic E-state index is 4.54. The zero-order chi connectivity index (χ0) is 14.2. The molecule has 1 saturated carbocycles. The Morgan fingerprint density at radius 1 is 1.20 bits per heavy atom. The van der Waals surface area contributed by atoms with Gasteiger partial charge in [0.1, 0.15) is 0 Å². The Labute approximate surface area is 124 Å². The fraction of sp³-hybridized carbons (Fsp3) is 0.722. The van der Waals surface area contributed by atoms with Crippen LogP contribution in [0.3, 0.4) is 0 Å². The first-order valence-corrected chi connectivity index (χ1v) is 8.44. The molecule has 2 heteroatoms. The van der Waals surface area contributed by atoms with Crippen LogP contribution < -0.4 is 5.32 Å². The average molecular weight is 274 g/mol. The smallest absolute Gasteiger partial charge is 0.0406 e. The second kappa shape index (κ2) is 8.41. The van der Waals surface area contributed by atoms with Gasteiger partial charge in [-0.05, 0) is 62.2 Å². The highest BCUT2D eigenvalue weighted by molar-refractivity contribution is 5.05. The summed E-state index contributed by atoms with van der Waals surface area (Å²) in [6, 6.07) is 6.32. The van der Waals surface area contributed by atoms with Crippen molar-refractivity contribution in [2.45, 2.75) is 52.4 Å². The first-order valence-electron chi connectivity index (χ1n) is 8.44. The minimum atomic E-state index is 0.814. The predicted octanol–water partition coefficient (Wildman–Crippen LogP) is 4.07. The molecule has 0 aromatic carbocycles. The number of aromatic nitrogens is 1. The van der Waals surface area contributed by atoms with Crippen LogP contribution in [-0.4, -0.2) is 18.1 Å². The molecular weight excluding hydrogens is 244 g/mol. The number of nitrogens with one attached hydrogen (secondary N) is 1. The summed E-state index contributed by atoms with van der Waals surface area (Å²) < 4.78 is 0. The summed E-state index contributed by atoms with van der Waals surface area (Å²) in [7, 11) is 0. The molecule has 0 spiro atoms. The molecule has 0 radical (unpaired) electrons. The highest BCUT2D eigenvalue weighted by atomic mass is 14.8. The highest BCUT2D eigenvalue weighted by Gasteiger charge is 2.30. The van der Waals surface area contributed by atoms with E-state index in [1.165, 1.54) is 44.3 Å². The molecule has 3 unspecified atom stereocenters. The van der Waals surface area contributed by atoms with Crippen LogP contribution in [0.15, 0.2) is 24.4 Å². The molecule has 1 N–H and O–H groups in total. The van der Waals surface area contributed by atoms with Gasteiger partial charge in [0.25, 0.3) is 0 Å². The fourth-order valence-electron chi connectivity index (χ4n) is 3.73. The summed E-state index contributed by atoms with van der Waals surface area (Å²) in [5, 5.41) is 3.56. The Morgan fingerprint density at radius 2 is 2.10 bits per heavy atom. The van der Waals surface area contributed by atoms with Crippen LogP contribution in [0.2, 0.25) is 0 Å². The number of rotatable bonds is 7. The molecule has 0 aliphatic heterocycles. The van der Waals surface area contributed by atoms with Crippen LogP contribution >= 0.6 is 0 Å². The lowest BCUT2D eigenvalue weighted by molar-refractivity contribution is 0.167. The predicted molar refractivity (Wildman–Crippen MR) is 85.7 cm³/mol. The van der Waals surface area contributed by atoms with Crippen molar-refractivity contribution >= 4 is 0 Å². The average Bonchev–Trinajstić information content (AvgIpc) is 2.48. The summed E-state index contributed by atoms with van der Waals surface area (Å²) in [6.07, 6.45) is 10.1. The van der Waals surface area contributed by atoms with E-state index in [4.69, 9.17) is 0 Å². The van der Waals surface area contributed by atoms with Gasteiger partial charge in [-0.15, -0.1) is 0 Å². The topological polar surface area (TPSA) is 24.9 Å². The number of nitrogens with zero attached hydrogens (tertiary/aromatic N) is 1. The Kier molecular flexibility index (Phi) is 6.52. The quantitative estimate of drug-likeness (QED) is 0.811. The highest BCUT2D eigenvalue weighted by Crippen LogP contribution is 2.37. The van der Waals surface area contributed by atoms with Crippen molar-refractivity contribution in [2.75, 3.05) is 13.1 Å². The molecule has 112 valence electrons. The van der Waals surface area contributed by atoms with Crippen molar-refractivity contribution < 1.29 is 0 Å². The first-order chi connectivity index (χ1) is 9.83. The third kappa shape index (κ3) is 4.59. The van der Waals surface area contributed by atoms with E-state index in [2.05, 4.69) is 36.3 Å². The Balaban J connectivity index is 1.97. The molecule has 1 aromatic heterocycles. The van der Waals surface area contributed by atoms with Gasteiger partial charge >= 0.3 is 0 Å². The molecule has 2 rings (SSSR count). The van der Waals surface area contributed by atoms with Crippen LogP contribution in [0, 0.1) is 17.8 Å². The van der Waals surface area contributed by atoms with Gasteiger partial charge in [0, 0.05) is 11.9 Å². The van der Waals surface area contributed by atoms with E-state index in [1.54, 1.807) is 0 Å². The third-order valence-electron chi connectivity index (χ3n) is 4.80. The third-order valence-corrected chi connectivity index (χ3v) is 4.80. The molecule has 1 aromatic rings. The Morgan fingerprint density at radius 3 is 2.80 bits per heavy atom. The molecular formula is C18H30N2. The largest absolute Gasteiger partial charge is 0.317 e. The molecule has 1 aliphatic rings. The zero-order valence-corrected chi connectivity index (χ0v) is 13.1. The van der Waals surface area contributed by atoms with Crippen molar-refractivity contribution in [2.24, 2.45) is 17.8 Å². The molecule has 0 saturated heterocycles. The van der Waals surface area contributed by atoms with Crippen molar-refractivity contribution in [3.05, 3.63) is 30.1 Å². The molecule has 2 nitrogen and oxygen atoms in total. The van der Waals surface area contributed by atoms with Gasteiger partial charge < -0.3 is 5.32 Å². The van der Waals surface area contributed by atoms with Crippen LogP contribution in [0.4, 0.5) is 0 Å². The van der Waals surface area contributed by atoms with Crippen LogP contribution in [-0.2, 0) is 6.42 Å². The van der Waals surface area contributed by atoms with Crippen molar-refractivity contribution in [3.8, 4) is 0 Å². The summed E-state index contributed by atoms with van der Waals surface area (Å²) in [5.41, 5.74) is 1.27. The number of hydrogen-bond donors (Lipinski definition) is 1. The number of pyridine rings is 1. The summed E-state index contributed by atoms with van der Waals surface area (Å²) in [4.78, 5) is 4.54. The van der Waals surface area contributed by atoms with Crippen molar-refractivity contribution in [1.29, 1.82) is 0 Å². The van der Waals surface area contributed by atoms with Crippen LogP contribution in [0.25, 0.3) is 0 Å². The van der Waals surface area contributed by atoms with Gasteiger partial charge in [-0.25, -0.2) is 0 Å². The Bertz CT molecular complexity index is 363. The molecule has 0 bridgehead atoms. The molecule has 1 heterocycles. The monoisotopic (exact) mass is 274 g/mol.